The van der Waals surface area contributed by atoms with Crippen molar-refractivity contribution in [3.05, 3.63) is 119 Å². The number of nitrogens with zero attached hydrogens (tertiary/aromatic N) is 4. The van der Waals surface area contributed by atoms with Crippen molar-refractivity contribution >= 4 is 78.2 Å². The Morgan fingerprint density at radius 2 is 1.55 bits per heavy atom. The van der Waals surface area contributed by atoms with Gasteiger partial charge in [0.15, 0.2) is 0 Å². The van der Waals surface area contributed by atoms with Gasteiger partial charge in [-0.2, -0.15) is 13.2 Å². The summed E-state index contributed by atoms with van der Waals surface area (Å²) in [6, 6.07) is 21.1. The van der Waals surface area contributed by atoms with E-state index in [4.69, 9.17) is 0 Å². The minimum absolute atomic E-state index is 0.000169. The maximum absolute atomic E-state index is 14.5. The number of halogens is 3. The first kappa shape index (κ1) is 60.8. The number of sulfone groups is 1. The molecule has 0 aromatic heterocycles. The van der Waals surface area contributed by atoms with Crippen LogP contribution in [0.25, 0.3) is 0 Å². The first-order valence-electron chi connectivity index (χ1n) is 28.8. The molecular weight excluding hydrogens is 1140 g/mol. The van der Waals surface area contributed by atoms with Crippen molar-refractivity contribution in [2.24, 2.45) is 16.2 Å². The van der Waals surface area contributed by atoms with E-state index in [1.54, 1.807) is 35.4 Å². The van der Waals surface area contributed by atoms with Crippen LogP contribution < -0.4 is 25.6 Å². The number of sulfonamides is 1. The largest absolute Gasteiger partial charge is 0.501 e. The topological polar surface area (TPSA) is 215 Å². The SMILES string of the molecule is CN(CCCCNc1cccc2c1C(=O)N(C1CCC(=O)NC1=O)C2=O)CC[C@H](CSc1ccccc1)Nc1ccc(S(=O)(=O)NC(=O)c2ccc(N3CCN(CC4=C(C56CC(C)(C5)C6)CC(C)(C)CC4)CC3)cc2)cc1S(=O)(=O)C(F)(F)F. The van der Waals surface area contributed by atoms with Gasteiger partial charge >= 0.3 is 5.51 Å². The Bertz CT molecular complexity index is 3460. The second kappa shape index (κ2) is 23.9. The molecule has 4 aromatic rings. The van der Waals surface area contributed by atoms with Crippen LogP contribution in [0.4, 0.5) is 30.2 Å². The van der Waals surface area contributed by atoms with E-state index >= 15 is 0 Å². The number of piperazine rings is 1. The molecule has 3 saturated carbocycles. The number of rotatable bonds is 23. The summed E-state index contributed by atoms with van der Waals surface area (Å²) in [6.07, 6.45) is 9.12. The zero-order chi connectivity index (χ0) is 60.0. The zero-order valence-electron chi connectivity index (χ0n) is 47.8. The van der Waals surface area contributed by atoms with E-state index in [0.29, 0.717) is 66.9 Å². The third kappa shape index (κ3) is 12.9. The highest BCUT2D eigenvalue weighted by atomic mass is 32.2. The highest BCUT2D eigenvalue weighted by Crippen LogP contribution is 2.77. The summed E-state index contributed by atoms with van der Waals surface area (Å²) in [5, 5.41) is 8.42. The number of fused-ring (bicyclic) bond motifs is 1. The van der Waals surface area contributed by atoms with Gasteiger partial charge in [0, 0.05) is 79.3 Å². The van der Waals surface area contributed by atoms with E-state index in [0.717, 1.165) is 66.8 Å². The number of thioether (sulfide) groups is 1. The molecule has 5 amide bonds. The quantitative estimate of drug-likeness (QED) is 0.0236. The van der Waals surface area contributed by atoms with Crippen molar-refractivity contribution in [2.45, 2.75) is 124 Å². The Labute approximate surface area is 493 Å². The number of piperidine rings is 1. The summed E-state index contributed by atoms with van der Waals surface area (Å²) in [7, 11) is -9.20. The first-order chi connectivity index (χ1) is 39.7. The van der Waals surface area contributed by atoms with Crippen LogP contribution >= 0.6 is 11.8 Å². The maximum Gasteiger partial charge on any atom is 0.501 e. The molecule has 23 heteroatoms. The number of benzene rings is 4. The van der Waals surface area contributed by atoms with E-state index in [2.05, 4.69) is 46.5 Å². The number of allylic oxidation sites excluding steroid dienone is 1. The zero-order valence-corrected chi connectivity index (χ0v) is 50.2. The molecule has 450 valence electrons. The predicted octanol–water partition coefficient (Wildman–Crippen LogP) is 9.11. The van der Waals surface area contributed by atoms with Crippen molar-refractivity contribution in [1.82, 2.24) is 24.7 Å². The van der Waals surface area contributed by atoms with Crippen molar-refractivity contribution in [3.63, 3.8) is 0 Å². The number of imide groups is 2. The first-order valence-corrected chi connectivity index (χ1v) is 32.7. The van der Waals surface area contributed by atoms with Crippen LogP contribution in [0.3, 0.4) is 0 Å². The van der Waals surface area contributed by atoms with Crippen molar-refractivity contribution < 1.29 is 54.0 Å². The predicted molar refractivity (Wildman–Crippen MR) is 316 cm³/mol. The average molecular weight is 1220 g/mol. The molecule has 5 fully saturated rings. The summed E-state index contributed by atoms with van der Waals surface area (Å²) < 4.78 is 99.5. The maximum atomic E-state index is 14.5. The molecule has 7 aliphatic rings. The van der Waals surface area contributed by atoms with Gasteiger partial charge in [-0.1, -0.05) is 56.2 Å². The third-order valence-corrected chi connectivity index (χ3v) is 21.7. The second-order valence-corrected chi connectivity index (χ2v) is 29.4. The highest BCUT2D eigenvalue weighted by Gasteiger charge is 2.67. The number of alkyl halides is 3. The van der Waals surface area contributed by atoms with Crippen LogP contribution in [-0.2, 0) is 29.4 Å². The fourth-order valence-electron chi connectivity index (χ4n) is 13.3. The molecule has 11 rings (SSSR count). The van der Waals surface area contributed by atoms with Gasteiger partial charge in [0.05, 0.1) is 21.7 Å². The van der Waals surface area contributed by atoms with Gasteiger partial charge in [-0.3, -0.25) is 39.1 Å². The smallest absolute Gasteiger partial charge is 0.384 e. The molecule has 0 radical (unpaired) electrons. The summed E-state index contributed by atoms with van der Waals surface area (Å²) >= 11 is 1.40. The van der Waals surface area contributed by atoms with E-state index < -0.39 is 82.5 Å². The van der Waals surface area contributed by atoms with Gasteiger partial charge in [-0.15, -0.1) is 11.8 Å². The molecule has 0 spiro atoms. The Morgan fingerprint density at radius 1 is 0.833 bits per heavy atom. The molecule has 4 N–H and O–H groups in total. The number of unbranched alkanes of at least 4 members (excludes halogenated alkanes) is 1. The molecule has 3 heterocycles. The normalized spacial score (nSPS) is 23.0. The minimum Gasteiger partial charge on any atom is -0.384 e. The number of carbonyl (C=O) groups is 5. The lowest BCUT2D eigenvalue weighted by Gasteiger charge is -2.72. The monoisotopic (exact) mass is 1210 g/mol. The summed E-state index contributed by atoms with van der Waals surface area (Å²) in [4.78, 5) is 71.0. The number of anilines is 3. The van der Waals surface area contributed by atoms with Gasteiger partial charge in [-0.05, 0) is 167 Å². The van der Waals surface area contributed by atoms with E-state index in [9.17, 15) is 54.0 Å². The summed E-state index contributed by atoms with van der Waals surface area (Å²) in [5.41, 5.74) is -0.0445. The molecule has 3 aliphatic heterocycles. The lowest BCUT2D eigenvalue weighted by molar-refractivity contribution is -0.167. The third-order valence-electron chi connectivity index (χ3n) is 17.7. The van der Waals surface area contributed by atoms with Gasteiger partial charge in [0.25, 0.3) is 37.6 Å². The number of nitrogens with one attached hydrogen (secondary N) is 4. The molecule has 1 unspecified atom stereocenters. The Hall–Kier alpha value is -6.27. The number of carbonyl (C=O) groups excluding carboxylic acids is 5. The Morgan fingerprint density at radius 3 is 2.23 bits per heavy atom. The van der Waals surface area contributed by atoms with Crippen molar-refractivity contribution in [1.29, 1.82) is 0 Å². The summed E-state index contributed by atoms with van der Waals surface area (Å²) in [6.45, 7) is 12.9. The van der Waals surface area contributed by atoms with E-state index in [-0.39, 0.29) is 35.3 Å². The molecule has 4 aromatic carbocycles. The number of hydrogen-bond acceptors (Lipinski definition) is 15. The fourth-order valence-corrected chi connectivity index (χ4v) is 16.3. The molecule has 2 saturated heterocycles. The molecule has 84 heavy (non-hydrogen) atoms. The number of amides is 5. The highest BCUT2D eigenvalue weighted by molar-refractivity contribution is 7.99. The van der Waals surface area contributed by atoms with Gasteiger partial charge in [-0.25, -0.2) is 21.6 Å². The van der Waals surface area contributed by atoms with E-state index in [1.165, 1.54) is 62.1 Å². The van der Waals surface area contributed by atoms with Crippen LogP contribution in [0, 0.1) is 16.2 Å². The van der Waals surface area contributed by atoms with Crippen LogP contribution in [0.5, 0.6) is 0 Å². The molecule has 17 nitrogen and oxygen atoms in total. The molecular formula is C61H73F3N8O9S3. The lowest BCUT2D eigenvalue weighted by Crippen LogP contribution is -2.61. The average Bonchev–Trinajstić information content (AvgIpc) is 0.838. The molecule has 2 bridgehead atoms. The summed E-state index contributed by atoms with van der Waals surface area (Å²) in [5.74, 6) is -3.17. The minimum atomic E-state index is -6.15. The molecule has 2 atom stereocenters. The second-order valence-electron chi connectivity index (χ2n) is 24.8. The van der Waals surface area contributed by atoms with Crippen molar-refractivity contribution in [2.75, 3.05) is 80.7 Å². The van der Waals surface area contributed by atoms with Crippen LogP contribution in [0.15, 0.2) is 117 Å². The lowest BCUT2D eigenvalue weighted by atomic mass is 9.33. The fraction of sp³-hybridized carbons (Fsp3) is 0.492. The van der Waals surface area contributed by atoms with Crippen molar-refractivity contribution in [3.8, 4) is 0 Å². The standard InChI is InChI=1S/C61H73F3N8O9S3/c1-58(2)25-23-41(47(34-58)60-37-59(3,38-60)39-60)35-70-29-31-71(32-30-70)43-17-15-40(16-18-43)54(74)68-84(80,81)45-19-20-48(51(33-45)83(78,79)61(62,63)64)66-42(36-82-44-11-6-5-7-12-44)24-28-69(4)27-9-8-26-65-49-14-10-13-46-53(49)57(77)72(56(46)76)50-21-22-52(73)67-55(50)75/h5-7,10-20,33,42,50,65-66H,8-9,21-32,34-39H2,1-4H3,(H,68,74)(H,67,73,75)/t42-,50?,59?,60?/m1/s1. The Kier molecular flexibility index (Phi) is 17.3. The van der Waals surface area contributed by atoms with Crippen LogP contribution in [0.2, 0.25) is 0 Å². The Balaban J connectivity index is 0.750. The van der Waals surface area contributed by atoms with Gasteiger partial charge in [0.2, 0.25) is 11.8 Å². The van der Waals surface area contributed by atoms with Crippen LogP contribution in [0.1, 0.15) is 122 Å². The molecule has 4 aliphatic carbocycles. The van der Waals surface area contributed by atoms with Gasteiger partial charge in [0.1, 0.15) is 10.9 Å². The van der Waals surface area contributed by atoms with Gasteiger partial charge < -0.3 is 20.4 Å². The number of hydrogen-bond donors (Lipinski definition) is 4. The van der Waals surface area contributed by atoms with Crippen LogP contribution in [-0.4, -0.2) is 144 Å². The van der Waals surface area contributed by atoms with E-state index in [1.807, 2.05) is 47.0 Å².